The van der Waals surface area contributed by atoms with Crippen molar-refractivity contribution in [1.82, 2.24) is 5.25 Å². The number of nitrogens with one attached hydrogen (secondary N) is 1. The topological polar surface area (TPSA) is 67.8 Å². The van der Waals surface area contributed by atoms with Crippen molar-refractivity contribution in [1.29, 1.82) is 0 Å². The van der Waals surface area contributed by atoms with Crippen LogP contribution in [0, 0.1) is 0 Å². The van der Waals surface area contributed by atoms with Crippen LogP contribution in [0.5, 0.6) is 5.75 Å². The Balaban J connectivity index is 2.73. The van der Waals surface area contributed by atoms with E-state index in [-0.39, 0.29) is 11.3 Å². The van der Waals surface area contributed by atoms with Crippen LogP contribution in [0.15, 0.2) is 24.3 Å². The van der Waals surface area contributed by atoms with Crippen molar-refractivity contribution in [2.45, 2.75) is 6.92 Å². The highest BCUT2D eigenvalue weighted by Crippen LogP contribution is 2.27. The molecule has 0 radical (unpaired) electrons. The van der Waals surface area contributed by atoms with E-state index in [1.165, 1.54) is 6.07 Å². The Morgan fingerprint density at radius 3 is 2.88 bits per heavy atom. The number of hydrogen-bond donors (Lipinski definition) is 2. The van der Waals surface area contributed by atoms with Gasteiger partial charge in [-0.1, -0.05) is 12.1 Å². The van der Waals surface area contributed by atoms with Crippen LogP contribution in [0.3, 0.4) is 0 Å². The molecule has 0 fully saturated rings. The molecule has 0 aliphatic carbocycles. The number of carboxylic acid groups (broad SMARTS) is 1. The molecule has 0 heterocycles. The van der Waals surface area contributed by atoms with Crippen molar-refractivity contribution in [2.24, 2.45) is 0 Å². The van der Waals surface area contributed by atoms with Gasteiger partial charge in [0.25, 0.3) is 0 Å². The van der Waals surface area contributed by atoms with Gasteiger partial charge in [-0.2, -0.15) is 0 Å². The Labute approximate surface area is 98.9 Å². The summed E-state index contributed by atoms with van der Waals surface area (Å²) in [5.74, 6) is -0.811. The molecule has 2 N–H and O–H groups in total. The standard InChI is InChI=1S/C9H10NO4PS/c1-2-13-10-15(16)14-8-6-4-3-5-7(8)9(11)12/h3-6H,2H2,1H3,(H-,10,11,12,16)/p+1. The molecule has 1 atom stereocenters. The third kappa shape index (κ3) is 3.83. The predicted octanol–water partition coefficient (Wildman–Crippen LogP) is 2.08. The number of rotatable bonds is 6. The molecular formula is C9H11NO4PS+. The maximum atomic E-state index is 10.9. The van der Waals surface area contributed by atoms with Gasteiger partial charge in [-0.05, 0) is 19.1 Å². The van der Waals surface area contributed by atoms with Gasteiger partial charge in [0, 0.05) is 5.25 Å². The largest absolute Gasteiger partial charge is 0.516 e. The lowest BCUT2D eigenvalue weighted by molar-refractivity contribution is 0.0694. The fraction of sp³-hybridized carbons (Fsp3) is 0.222. The van der Waals surface area contributed by atoms with Gasteiger partial charge >= 0.3 is 13.0 Å². The third-order valence-electron chi connectivity index (χ3n) is 1.58. The number of carbonyl (C=O) groups is 1. The normalized spacial score (nSPS) is 10.9. The molecule has 7 heteroatoms. The zero-order valence-electron chi connectivity index (χ0n) is 8.54. The molecule has 1 aromatic carbocycles. The minimum absolute atomic E-state index is 0.0816. The molecule has 0 saturated heterocycles. The molecule has 0 aromatic heterocycles. The summed E-state index contributed by atoms with van der Waals surface area (Å²) in [5.41, 5.74) is 0.0816. The molecule has 1 rings (SSSR count). The zero-order chi connectivity index (χ0) is 12.0. The van der Waals surface area contributed by atoms with E-state index in [9.17, 15) is 4.79 Å². The maximum absolute atomic E-state index is 10.9. The van der Waals surface area contributed by atoms with E-state index in [1.807, 2.05) is 0 Å². The van der Waals surface area contributed by atoms with E-state index in [0.717, 1.165) is 0 Å². The molecule has 0 aliphatic rings. The van der Waals surface area contributed by atoms with Gasteiger partial charge in [-0.25, -0.2) is 4.79 Å². The minimum atomic E-state index is -1.46. The second-order valence-electron chi connectivity index (χ2n) is 2.67. The Kier molecular flexibility index (Phi) is 5.28. The van der Waals surface area contributed by atoms with E-state index < -0.39 is 13.0 Å². The number of hydrogen-bond acceptors (Lipinski definition) is 4. The average molecular weight is 260 g/mol. The molecular weight excluding hydrogens is 249 g/mol. The fourth-order valence-corrected chi connectivity index (χ4v) is 1.96. The van der Waals surface area contributed by atoms with Gasteiger partial charge in [-0.3, -0.25) is 9.36 Å². The Bertz CT molecular complexity index is 399. The van der Waals surface area contributed by atoms with Crippen molar-refractivity contribution in [3.8, 4) is 5.75 Å². The lowest BCUT2D eigenvalue weighted by Crippen LogP contribution is -2.08. The Morgan fingerprint density at radius 2 is 2.25 bits per heavy atom. The van der Waals surface area contributed by atoms with E-state index >= 15 is 0 Å². The first-order valence-corrected chi connectivity index (χ1v) is 6.77. The molecule has 0 amide bonds. The van der Waals surface area contributed by atoms with E-state index in [4.69, 9.17) is 26.3 Å². The monoisotopic (exact) mass is 260 g/mol. The fourth-order valence-electron chi connectivity index (χ4n) is 0.948. The summed E-state index contributed by atoms with van der Waals surface area (Å²) in [5, 5.41) is 11.4. The maximum Gasteiger partial charge on any atom is 0.516 e. The highest BCUT2D eigenvalue weighted by atomic mass is 32.4. The Morgan fingerprint density at radius 1 is 1.56 bits per heavy atom. The molecule has 86 valence electrons. The van der Waals surface area contributed by atoms with Crippen molar-refractivity contribution >= 4 is 24.9 Å². The van der Waals surface area contributed by atoms with Crippen molar-refractivity contribution in [2.75, 3.05) is 6.61 Å². The lowest BCUT2D eigenvalue weighted by Gasteiger charge is -2.00. The van der Waals surface area contributed by atoms with Crippen molar-refractivity contribution in [3.05, 3.63) is 29.8 Å². The van der Waals surface area contributed by atoms with E-state index in [2.05, 4.69) is 5.25 Å². The van der Waals surface area contributed by atoms with Crippen LogP contribution >= 0.6 is 7.07 Å². The van der Waals surface area contributed by atoms with Crippen LogP contribution in [0.25, 0.3) is 0 Å². The number of benzene rings is 1. The summed E-state index contributed by atoms with van der Waals surface area (Å²) in [4.78, 5) is 15.7. The van der Waals surface area contributed by atoms with Crippen LogP contribution in [-0.2, 0) is 16.6 Å². The van der Waals surface area contributed by atoms with Crippen LogP contribution in [0.2, 0.25) is 0 Å². The molecule has 0 spiro atoms. The number of aromatic carboxylic acids is 1. The molecule has 1 unspecified atom stereocenters. The molecule has 16 heavy (non-hydrogen) atoms. The van der Waals surface area contributed by atoms with Crippen molar-refractivity contribution < 1.29 is 19.3 Å². The smallest absolute Gasteiger partial charge is 0.478 e. The van der Waals surface area contributed by atoms with Gasteiger partial charge in [0.15, 0.2) is 0 Å². The molecule has 0 aliphatic heterocycles. The van der Waals surface area contributed by atoms with E-state index in [0.29, 0.717) is 6.61 Å². The molecule has 5 nitrogen and oxygen atoms in total. The molecule has 0 bridgehead atoms. The summed E-state index contributed by atoms with van der Waals surface area (Å²) in [6.07, 6.45) is 0. The SMILES string of the molecule is CCON[P+](=S)Oc1ccccc1C(=O)O. The quantitative estimate of drug-likeness (QED) is 0.603. The highest BCUT2D eigenvalue weighted by Gasteiger charge is 2.19. The summed E-state index contributed by atoms with van der Waals surface area (Å²) in [6.45, 7) is 2.26. The minimum Gasteiger partial charge on any atom is -0.478 e. The Hall–Kier alpha value is -1.07. The van der Waals surface area contributed by atoms with Crippen LogP contribution < -0.4 is 9.77 Å². The first-order valence-electron chi connectivity index (χ1n) is 4.50. The van der Waals surface area contributed by atoms with Crippen LogP contribution in [0.1, 0.15) is 17.3 Å². The average Bonchev–Trinajstić information content (AvgIpc) is 2.27. The number of carboxylic acids is 1. The molecule has 0 saturated carbocycles. The summed E-state index contributed by atoms with van der Waals surface area (Å²) >= 11 is 4.94. The highest BCUT2D eigenvalue weighted by molar-refractivity contribution is 8.02. The lowest BCUT2D eigenvalue weighted by atomic mass is 10.2. The van der Waals surface area contributed by atoms with E-state index in [1.54, 1.807) is 25.1 Å². The summed E-state index contributed by atoms with van der Waals surface area (Å²) in [7, 11) is -1.46. The third-order valence-corrected chi connectivity index (χ3v) is 2.67. The van der Waals surface area contributed by atoms with Crippen LogP contribution in [0.4, 0.5) is 0 Å². The predicted molar refractivity (Wildman–Crippen MR) is 63.1 cm³/mol. The summed E-state index contributed by atoms with van der Waals surface area (Å²) < 4.78 is 5.27. The van der Waals surface area contributed by atoms with Gasteiger partial charge in [0.05, 0.1) is 6.61 Å². The van der Waals surface area contributed by atoms with Gasteiger partial charge in [-0.15, -0.1) is 0 Å². The van der Waals surface area contributed by atoms with Crippen molar-refractivity contribution in [3.63, 3.8) is 0 Å². The first-order chi connectivity index (χ1) is 7.65. The second kappa shape index (κ2) is 6.50. The molecule has 1 aromatic rings. The summed E-state index contributed by atoms with van der Waals surface area (Å²) in [6, 6.07) is 6.31. The number of para-hydroxylation sites is 1. The van der Waals surface area contributed by atoms with Gasteiger partial charge < -0.3 is 5.11 Å². The van der Waals surface area contributed by atoms with Gasteiger partial charge in [0.1, 0.15) is 5.56 Å². The second-order valence-corrected chi connectivity index (χ2v) is 4.55. The first kappa shape index (κ1) is 13.0. The zero-order valence-corrected chi connectivity index (χ0v) is 10.3. The van der Waals surface area contributed by atoms with Gasteiger partial charge in [0.2, 0.25) is 17.6 Å². The van der Waals surface area contributed by atoms with Crippen LogP contribution in [-0.4, -0.2) is 17.7 Å².